The molecule has 2 heterocycles. The summed E-state index contributed by atoms with van der Waals surface area (Å²) >= 11 is 7.64. The number of halogens is 1. The lowest BCUT2D eigenvalue weighted by molar-refractivity contribution is 0.679. The van der Waals surface area contributed by atoms with Crippen LogP contribution in [0, 0.1) is 11.8 Å². The highest BCUT2D eigenvalue weighted by molar-refractivity contribution is 7.98. The van der Waals surface area contributed by atoms with Gasteiger partial charge in [0, 0.05) is 47.3 Å². The topological polar surface area (TPSA) is 43.6 Å². The van der Waals surface area contributed by atoms with Crippen LogP contribution in [0.25, 0.3) is 11.4 Å². The Labute approximate surface area is 188 Å². The molecule has 0 amide bonds. The summed E-state index contributed by atoms with van der Waals surface area (Å²) in [6.45, 7) is 5.12. The first-order chi connectivity index (χ1) is 14.7. The minimum absolute atomic E-state index is 0.749. The summed E-state index contributed by atoms with van der Waals surface area (Å²) in [4.78, 5) is 4.37. The van der Waals surface area contributed by atoms with E-state index < -0.39 is 0 Å². The first-order valence-electron chi connectivity index (χ1n) is 10.5. The Bertz CT molecular complexity index is 1000. The Balaban J connectivity index is 1.70. The summed E-state index contributed by atoms with van der Waals surface area (Å²) in [5, 5.41) is 10.5. The number of hydrogen-bond donors (Lipinski definition) is 0. The van der Waals surface area contributed by atoms with Crippen molar-refractivity contribution >= 4 is 23.4 Å². The maximum Gasteiger partial charge on any atom is 0.191 e. The Morgan fingerprint density at radius 1 is 1.03 bits per heavy atom. The highest BCUT2D eigenvalue weighted by atomic mass is 35.5. The quantitative estimate of drug-likeness (QED) is 0.213. The van der Waals surface area contributed by atoms with Crippen molar-refractivity contribution in [1.82, 2.24) is 19.7 Å². The molecule has 0 aliphatic carbocycles. The summed E-state index contributed by atoms with van der Waals surface area (Å²) in [6.07, 6.45) is 9.51. The molecule has 0 aliphatic rings. The van der Waals surface area contributed by atoms with Crippen molar-refractivity contribution in [2.45, 2.75) is 63.4 Å². The van der Waals surface area contributed by atoms with E-state index in [4.69, 9.17) is 11.6 Å². The smallest absolute Gasteiger partial charge is 0.191 e. The van der Waals surface area contributed by atoms with Gasteiger partial charge in [-0.1, -0.05) is 73.5 Å². The molecule has 0 spiro atoms. The van der Waals surface area contributed by atoms with Gasteiger partial charge in [0.25, 0.3) is 0 Å². The van der Waals surface area contributed by atoms with Crippen molar-refractivity contribution in [2.24, 2.45) is 0 Å². The molecule has 30 heavy (non-hydrogen) atoms. The predicted molar refractivity (Wildman–Crippen MR) is 126 cm³/mol. The van der Waals surface area contributed by atoms with Gasteiger partial charge in [0.2, 0.25) is 0 Å². The Morgan fingerprint density at radius 3 is 2.63 bits per heavy atom. The van der Waals surface area contributed by atoms with Crippen LogP contribution in [-0.2, 0) is 12.3 Å². The number of unbranched alkanes of at least 4 members (excludes halogenated alkanes) is 4. The monoisotopic (exact) mass is 438 g/mol. The average Bonchev–Trinajstić information content (AvgIpc) is 3.19. The van der Waals surface area contributed by atoms with Crippen LogP contribution in [0.2, 0.25) is 5.02 Å². The summed E-state index contributed by atoms with van der Waals surface area (Å²) in [5.41, 5.74) is 3.07. The van der Waals surface area contributed by atoms with E-state index in [1.165, 1.54) is 24.8 Å². The first kappa shape index (κ1) is 22.4. The van der Waals surface area contributed by atoms with E-state index in [0.717, 1.165) is 52.3 Å². The normalized spacial score (nSPS) is 10.6. The maximum absolute atomic E-state index is 5.97. The fourth-order valence-corrected chi connectivity index (χ4v) is 4.14. The van der Waals surface area contributed by atoms with Gasteiger partial charge in [-0.3, -0.25) is 4.98 Å². The average molecular weight is 439 g/mol. The predicted octanol–water partition coefficient (Wildman–Crippen LogP) is 6.63. The molecule has 2 aromatic heterocycles. The molecule has 3 rings (SSSR count). The van der Waals surface area contributed by atoms with Gasteiger partial charge in [0.15, 0.2) is 11.0 Å². The molecule has 6 heteroatoms. The van der Waals surface area contributed by atoms with Crippen molar-refractivity contribution in [3.63, 3.8) is 0 Å². The van der Waals surface area contributed by atoms with Gasteiger partial charge >= 0.3 is 0 Å². The molecule has 3 aromatic rings. The first-order valence-corrected chi connectivity index (χ1v) is 11.8. The molecule has 4 nitrogen and oxygen atoms in total. The molecule has 0 radical (unpaired) electrons. The lowest BCUT2D eigenvalue weighted by atomic mass is 10.1. The van der Waals surface area contributed by atoms with Crippen molar-refractivity contribution in [3.8, 4) is 23.2 Å². The van der Waals surface area contributed by atoms with Gasteiger partial charge in [-0.25, -0.2) is 0 Å². The highest BCUT2D eigenvalue weighted by Crippen LogP contribution is 2.26. The Hall–Kier alpha value is -2.29. The number of aromatic nitrogens is 4. The lowest BCUT2D eigenvalue weighted by Crippen LogP contribution is -2.00. The molecule has 0 fully saturated rings. The van der Waals surface area contributed by atoms with Crippen LogP contribution in [0.1, 0.15) is 57.1 Å². The van der Waals surface area contributed by atoms with E-state index in [1.54, 1.807) is 11.8 Å². The van der Waals surface area contributed by atoms with E-state index >= 15 is 0 Å². The van der Waals surface area contributed by atoms with E-state index in [-0.39, 0.29) is 0 Å². The largest absolute Gasteiger partial charge is 0.302 e. The van der Waals surface area contributed by atoms with Gasteiger partial charge in [0.05, 0.1) is 0 Å². The lowest BCUT2D eigenvalue weighted by Gasteiger charge is -2.07. The van der Waals surface area contributed by atoms with Gasteiger partial charge in [0.1, 0.15) is 0 Å². The molecule has 0 atom stereocenters. The number of thioether (sulfide) groups is 1. The zero-order valence-corrected chi connectivity index (χ0v) is 19.1. The Kier molecular flexibility index (Phi) is 8.80. The summed E-state index contributed by atoms with van der Waals surface area (Å²) in [6, 6.07) is 9.95. The number of nitrogens with zero attached hydrogens (tertiary/aromatic N) is 4. The molecular weight excluding hydrogens is 412 g/mol. The zero-order valence-electron chi connectivity index (χ0n) is 17.6. The van der Waals surface area contributed by atoms with E-state index in [0.29, 0.717) is 0 Å². The fraction of sp³-hybridized carbons (Fsp3) is 0.375. The molecule has 1 aromatic carbocycles. The standard InChI is InChI=1S/C24H27ClN4S/c1-3-5-6-7-8-9-10-20-15-21(17-26-16-20)23-27-28-24(29(23)4-2)30-18-19-11-13-22(25)14-12-19/h11-17H,3-8,18H2,1-2H3. The molecule has 0 unspecified atom stereocenters. The van der Waals surface area contributed by atoms with E-state index in [9.17, 15) is 0 Å². The third-order valence-electron chi connectivity index (χ3n) is 4.70. The fourth-order valence-electron chi connectivity index (χ4n) is 3.06. The van der Waals surface area contributed by atoms with Gasteiger partial charge < -0.3 is 4.57 Å². The molecule has 156 valence electrons. The van der Waals surface area contributed by atoms with Crippen molar-refractivity contribution in [1.29, 1.82) is 0 Å². The van der Waals surface area contributed by atoms with Crippen LogP contribution in [-0.4, -0.2) is 19.7 Å². The number of benzene rings is 1. The second-order valence-electron chi connectivity index (χ2n) is 7.04. The Morgan fingerprint density at radius 2 is 1.87 bits per heavy atom. The van der Waals surface area contributed by atoms with Crippen LogP contribution in [0.5, 0.6) is 0 Å². The SMILES string of the molecule is CCCCCCC#Cc1cncc(-c2nnc(SCc3ccc(Cl)cc3)n2CC)c1. The second-order valence-corrected chi connectivity index (χ2v) is 8.42. The van der Waals surface area contributed by atoms with Crippen LogP contribution < -0.4 is 0 Å². The minimum atomic E-state index is 0.749. The third kappa shape index (κ3) is 6.35. The van der Waals surface area contributed by atoms with Gasteiger partial charge in [-0.2, -0.15) is 0 Å². The number of hydrogen-bond acceptors (Lipinski definition) is 4. The number of pyridine rings is 1. The van der Waals surface area contributed by atoms with Crippen LogP contribution >= 0.6 is 23.4 Å². The molecule has 0 N–H and O–H groups in total. The van der Waals surface area contributed by atoms with Crippen molar-refractivity contribution in [2.75, 3.05) is 0 Å². The molecule has 0 aliphatic heterocycles. The molecule has 0 saturated heterocycles. The van der Waals surface area contributed by atoms with Gasteiger partial charge in [-0.05, 0) is 37.1 Å². The summed E-state index contributed by atoms with van der Waals surface area (Å²) in [5.74, 6) is 8.16. The summed E-state index contributed by atoms with van der Waals surface area (Å²) in [7, 11) is 0. The third-order valence-corrected chi connectivity index (χ3v) is 5.99. The minimum Gasteiger partial charge on any atom is -0.302 e. The summed E-state index contributed by atoms with van der Waals surface area (Å²) < 4.78 is 2.12. The van der Waals surface area contributed by atoms with Crippen LogP contribution in [0.4, 0.5) is 0 Å². The molecule has 0 bridgehead atoms. The van der Waals surface area contributed by atoms with E-state index in [1.807, 2.05) is 36.7 Å². The highest BCUT2D eigenvalue weighted by Gasteiger charge is 2.14. The molecule has 0 saturated carbocycles. The van der Waals surface area contributed by atoms with Gasteiger partial charge in [-0.15, -0.1) is 10.2 Å². The van der Waals surface area contributed by atoms with Crippen LogP contribution in [0.15, 0.2) is 47.9 Å². The zero-order chi connectivity index (χ0) is 21.2. The number of rotatable bonds is 9. The van der Waals surface area contributed by atoms with Crippen LogP contribution in [0.3, 0.4) is 0 Å². The maximum atomic E-state index is 5.97. The van der Waals surface area contributed by atoms with Crippen molar-refractivity contribution < 1.29 is 0 Å². The van der Waals surface area contributed by atoms with E-state index in [2.05, 4.69) is 51.5 Å². The molecular formula is C24H27ClN4S. The van der Waals surface area contributed by atoms with Crippen molar-refractivity contribution in [3.05, 3.63) is 58.9 Å². The second kappa shape index (κ2) is 11.8.